The molecule has 2 aromatic rings. The van der Waals surface area contributed by atoms with Crippen molar-refractivity contribution in [2.75, 3.05) is 12.8 Å². The lowest BCUT2D eigenvalue weighted by Gasteiger charge is -2.18. The first-order valence-corrected chi connectivity index (χ1v) is 7.07. The van der Waals surface area contributed by atoms with Crippen LogP contribution in [0, 0.1) is 0 Å². The van der Waals surface area contributed by atoms with Gasteiger partial charge in [-0.2, -0.15) is 0 Å². The van der Waals surface area contributed by atoms with Crippen molar-refractivity contribution in [1.82, 2.24) is 10.3 Å². The molecule has 0 aliphatic heterocycles. The summed E-state index contributed by atoms with van der Waals surface area (Å²) in [5, 5.41) is 3.36. The highest BCUT2D eigenvalue weighted by Gasteiger charge is 2.12. The smallest absolute Gasteiger partial charge is 0.0378 e. The largest absolute Gasteiger partial charge is 0.398 e. The first-order chi connectivity index (χ1) is 9.61. The average Bonchev–Trinajstić information content (AvgIpc) is 2.46. The van der Waals surface area contributed by atoms with Crippen LogP contribution in [-0.4, -0.2) is 12.0 Å². The predicted octanol–water partition coefficient (Wildman–Crippen LogP) is 3.29. The van der Waals surface area contributed by atoms with Crippen molar-refractivity contribution in [3.8, 4) is 0 Å². The number of benzene rings is 1. The molecule has 106 valence electrons. The van der Waals surface area contributed by atoms with Gasteiger partial charge in [0.05, 0.1) is 0 Å². The van der Waals surface area contributed by atoms with Crippen LogP contribution in [0.15, 0.2) is 42.7 Å². The molecule has 0 saturated heterocycles. The summed E-state index contributed by atoms with van der Waals surface area (Å²) in [4.78, 5) is 4.16. The van der Waals surface area contributed by atoms with Gasteiger partial charge < -0.3 is 11.1 Å². The number of likely N-dealkylation sites (N-methyl/N-ethyl adjacent to an activating group) is 1. The van der Waals surface area contributed by atoms with Gasteiger partial charge in [-0.15, -0.1) is 0 Å². The maximum atomic E-state index is 6.00. The highest BCUT2D eigenvalue weighted by Crippen LogP contribution is 2.23. The topological polar surface area (TPSA) is 50.9 Å². The van der Waals surface area contributed by atoms with E-state index in [1.807, 2.05) is 19.3 Å². The summed E-state index contributed by atoms with van der Waals surface area (Å²) in [6.45, 7) is 4.42. The molecule has 0 amide bonds. The van der Waals surface area contributed by atoms with Gasteiger partial charge in [0.2, 0.25) is 0 Å². The molecule has 0 aliphatic rings. The highest BCUT2D eigenvalue weighted by atomic mass is 14.9. The molecule has 0 aliphatic carbocycles. The first-order valence-electron chi connectivity index (χ1n) is 7.07. The molecule has 1 heterocycles. The number of anilines is 1. The fourth-order valence-corrected chi connectivity index (χ4v) is 2.33. The van der Waals surface area contributed by atoms with E-state index in [0.29, 0.717) is 5.92 Å². The number of nitrogens with one attached hydrogen (secondary N) is 1. The van der Waals surface area contributed by atoms with E-state index in [1.54, 1.807) is 6.20 Å². The number of aromatic nitrogens is 1. The molecule has 2 rings (SSSR count). The minimum atomic E-state index is 0.253. The SMILES string of the molecule is CNC(Cc1cnccc1N)c1ccc(C(C)C)cc1. The third-order valence-electron chi connectivity index (χ3n) is 3.72. The van der Waals surface area contributed by atoms with Crippen LogP contribution < -0.4 is 11.1 Å². The van der Waals surface area contributed by atoms with Crippen LogP contribution in [0.5, 0.6) is 0 Å². The molecule has 0 spiro atoms. The summed E-state index contributed by atoms with van der Waals surface area (Å²) in [7, 11) is 1.98. The second-order valence-electron chi connectivity index (χ2n) is 5.44. The third-order valence-corrected chi connectivity index (χ3v) is 3.72. The molecule has 0 fully saturated rings. The summed E-state index contributed by atoms with van der Waals surface area (Å²) < 4.78 is 0. The standard InChI is InChI=1S/C17H23N3/c1-12(2)13-4-6-14(7-5-13)17(19-3)10-15-11-20-9-8-16(15)18/h4-9,11-12,17,19H,10H2,1-3H3,(H2,18,20). The second-order valence-corrected chi connectivity index (χ2v) is 5.44. The van der Waals surface area contributed by atoms with Crippen molar-refractivity contribution in [3.05, 3.63) is 59.4 Å². The van der Waals surface area contributed by atoms with E-state index in [2.05, 4.69) is 48.4 Å². The minimum Gasteiger partial charge on any atom is -0.398 e. The Morgan fingerprint density at radius 1 is 1.10 bits per heavy atom. The Hall–Kier alpha value is -1.87. The van der Waals surface area contributed by atoms with Gasteiger partial charge in [-0.3, -0.25) is 4.98 Å². The summed E-state index contributed by atoms with van der Waals surface area (Å²) in [6, 6.07) is 10.9. The van der Waals surface area contributed by atoms with Crippen molar-refractivity contribution in [3.63, 3.8) is 0 Å². The van der Waals surface area contributed by atoms with Gasteiger partial charge in [0.15, 0.2) is 0 Å². The summed E-state index contributed by atoms with van der Waals surface area (Å²) in [5.41, 5.74) is 10.5. The van der Waals surface area contributed by atoms with Crippen molar-refractivity contribution in [1.29, 1.82) is 0 Å². The molecule has 0 radical (unpaired) electrons. The van der Waals surface area contributed by atoms with E-state index in [4.69, 9.17) is 5.73 Å². The Kier molecular flexibility index (Phi) is 4.74. The van der Waals surface area contributed by atoms with Crippen LogP contribution in [0.25, 0.3) is 0 Å². The zero-order valence-electron chi connectivity index (χ0n) is 12.4. The van der Waals surface area contributed by atoms with Gasteiger partial charge in [0.25, 0.3) is 0 Å². The van der Waals surface area contributed by atoms with E-state index in [1.165, 1.54) is 11.1 Å². The first kappa shape index (κ1) is 14.5. The fourth-order valence-electron chi connectivity index (χ4n) is 2.33. The molecule has 3 N–H and O–H groups in total. The summed E-state index contributed by atoms with van der Waals surface area (Å²) in [6.07, 6.45) is 4.42. The Morgan fingerprint density at radius 3 is 2.30 bits per heavy atom. The van der Waals surface area contributed by atoms with Gasteiger partial charge in [0.1, 0.15) is 0 Å². The Bertz CT molecular complexity index is 546. The van der Waals surface area contributed by atoms with Gasteiger partial charge in [-0.1, -0.05) is 38.1 Å². The van der Waals surface area contributed by atoms with E-state index < -0.39 is 0 Å². The van der Waals surface area contributed by atoms with Crippen LogP contribution in [-0.2, 0) is 6.42 Å². The Balaban J connectivity index is 2.18. The molecule has 1 unspecified atom stereocenters. The minimum absolute atomic E-state index is 0.253. The molecule has 20 heavy (non-hydrogen) atoms. The van der Waals surface area contributed by atoms with Gasteiger partial charge in [0, 0.05) is 24.1 Å². The molecule has 0 saturated carbocycles. The molecular weight excluding hydrogens is 246 g/mol. The van der Waals surface area contributed by atoms with Crippen molar-refractivity contribution in [2.24, 2.45) is 0 Å². The van der Waals surface area contributed by atoms with Gasteiger partial charge in [-0.05, 0) is 42.1 Å². The Labute approximate surface area is 121 Å². The summed E-state index contributed by atoms with van der Waals surface area (Å²) in [5.74, 6) is 0.561. The van der Waals surface area contributed by atoms with Crippen molar-refractivity contribution < 1.29 is 0 Å². The number of pyridine rings is 1. The van der Waals surface area contributed by atoms with Crippen LogP contribution >= 0.6 is 0 Å². The van der Waals surface area contributed by atoms with Crippen molar-refractivity contribution >= 4 is 5.69 Å². The van der Waals surface area contributed by atoms with Gasteiger partial charge >= 0.3 is 0 Å². The summed E-state index contributed by atoms with van der Waals surface area (Å²) >= 11 is 0. The zero-order chi connectivity index (χ0) is 14.5. The third kappa shape index (κ3) is 3.36. The Morgan fingerprint density at radius 2 is 1.75 bits per heavy atom. The molecular formula is C17H23N3. The molecule has 1 aromatic carbocycles. The quantitative estimate of drug-likeness (QED) is 0.875. The monoisotopic (exact) mass is 269 g/mol. The number of rotatable bonds is 5. The lowest BCUT2D eigenvalue weighted by Crippen LogP contribution is -2.19. The predicted molar refractivity (Wildman–Crippen MR) is 84.7 cm³/mol. The van der Waals surface area contributed by atoms with Crippen LogP contribution in [0.1, 0.15) is 42.5 Å². The average molecular weight is 269 g/mol. The number of nitrogens with two attached hydrogens (primary N) is 1. The van der Waals surface area contributed by atoms with E-state index in [9.17, 15) is 0 Å². The molecule has 3 nitrogen and oxygen atoms in total. The lowest BCUT2D eigenvalue weighted by atomic mass is 9.95. The normalized spacial score (nSPS) is 12.6. The maximum absolute atomic E-state index is 6.00. The maximum Gasteiger partial charge on any atom is 0.0378 e. The van der Waals surface area contributed by atoms with Crippen LogP contribution in [0.3, 0.4) is 0 Å². The van der Waals surface area contributed by atoms with Gasteiger partial charge in [-0.25, -0.2) is 0 Å². The molecule has 0 bridgehead atoms. The number of hydrogen-bond donors (Lipinski definition) is 2. The number of nitrogen functional groups attached to an aromatic ring is 1. The van der Waals surface area contributed by atoms with E-state index in [-0.39, 0.29) is 6.04 Å². The van der Waals surface area contributed by atoms with E-state index in [0.717, 1.165) is 17.7 Å². The molecule has 3 heteroatoms. The van der Waals surface area contributed by atoms with Crippen molar-refractivity contribution in [2.45, 2.75) is 32.2 Å². The zero-order valence-corrected chi connectivity index (χ0v) is 12.4. The fraction of sp³-hybridized carbons (Fsp3) is 0.353. The number of nitrogens with zero attached hydrogens (tertiary/aromatic N) is 1. The highest BCUT2D eigenvalue weighted by molar-refractivity contribution is 5.45. The lowest BCUT2D eigenvalue weighted by molar-refractivity contribution is 0.591. The molecule has 1 atom stereocenters. The van der Waals surface area contributed by atoms with Crippen LogP contribution in [0.2, 0.25) is 0 Å². The van der Waals surface area contributed by atoms with E-state index >= 15 is 0 Å². The second kappa shape index (κ2) is 6.53. The van der Waals surface area contributed by atoms with Crippen LogP contribution in [0.4, 0.5) is 5.69 Å². The molecule has 1 aromatic heterocycles. The number of hydrogen-bond acceptors (Lipinski definition) is 3.